The van der Waals surface area contributed by atoms with E-state index in [1.165, 1.54) is 0 Å². The lowest BCUT2D eigenvalue weighted by molar-refractivity contribution is -0.121. The number of carbonyl (C=O) groups excluding carboxylic acids is 2. The molecule has 0 radical (unpaired) electrons. The Balaban J connectivity index is 1.51. The molecule has 4 rings (SSSR count). The highest BCUT2D eigenvalue weighted by atomic mass is 16.5. The third-order valence-corrected chi connectivity index (χ3v) is 4.98. The Hall–Kier alpha value is -3.68. The normalized spacial score (nSPS) is 13.5. The number of nitrogens with zero attached hydrogens (tertiary/aromatic N) is 4. The molecule has 0 spiro atoms. The van der Waals surface area contributed by atoms with Gasteiger partial charge in [-0.15, -0.1) is 0 Å². The van der Waals surface area contributed by atoms with E-state index in [9.17, 15) is 9.59 Å². The Morgan fingerprint density at radius 3 is 2.68 bits per heavy atom. The van der Waals surface area contributed by atoms with E-state index in [0.717, 1.165) is 5.69 Å². The van der Waals surface area contributed by atoms with Gasteiger partial charge in [0.2, 0.25) is 5.91 Å². The minimum Gasteiger partial charge on any atom is -0.482 e. The average molecular weight is 419 g/mol. The third-order valence-electron chi connectivity index (χ3n) is 4.98. The number of aromatic nitrogens is 3. The first-order valence-electron chi connectivity index (χ1n) is 10.2. The van der Waals surface area contributed by atoms with E-state index in [4.69, 9.17) is 4.74 Å². The average Bonchev–Trinajstić information content (AvgIpc) is 3.18. The van der Waals surface area contributed by atoms with E-state index < -0.39 is 0 Å². The van der Waals surface area contributed by atoms with E-state index in [2.05, 4.69) is 36.2 Å². The molecule has 3 aromatic rings. The Kier molecular flexibility index (Phi) is 5.46. The number of pyridine rings is 1. The van der Waals surface area contributed by atoms with Crippen molar-refractivity contribution in [1.29, 1.82) is 0 Å². The molecular formula is C23H25N5O3. The molecule has 3 heterocycles. The van der Waals surface area contributed by atoms with Gasteiger partial charge in [-0.05, 0) is 24.3 Å². The van der Waals surface area contributed by atoms with Crippen molar-refractivity contribution in [1.82, 2.24) is 14.8 Å². The molecule has 160 valence electrons. The van der Waals surface area contributed by atoms with Crippen molar-refractivity contribution in [3.05, 3.63) is 60.4 Å². The van der Waals surface area contributed by atoms with Crippen LogP contribution in [0.4, 0.5) is 11.5 Å². The lowest BCUT2D eigenvalue weighted by atomic mass is 9.92. The molecule has 31 heavy (non-hydrogen) atoms. The number of ether oxygens (including phenoxy) is 1. The van der Waals surface area contributed by atoms with Gasteiger partial charge >= 0.3 is 0 Å². The standard InChI is InChI=1S/C23H25N5O3/c1-23(2,3)18-14-20(28(26-18)19-10-6-7-12-24-19)25-21(29)11-13-27-16-8-4-5-9-17(16)31-15-22(27)30/h4-10,12,14H,11,13,15H2,1-3H3,(H,25,29). The smallest absolute Gasteiger partial charge is 0.265 e. The molecule has 2 aromatic heterocycles. The SMILES string of the molecule is CC(C)(C)c1cc(NC(=O)CCN2C(=O)COc3ccccc32)n(-c2ccccn2)n1. The fourth-order valence-electron chi connectivity index (χ4n) is 3.31. The fraction of sp³-hybridized carbons (Fsp3) is 0.304. The highest BCUT2D eigenvalue weighted by molar-refractivity contribution is 5.99. The maximum Gasteiger partial charge on any atom is 0.265 e. The van der Waals surface area contributed by atoms with Crippen molar-refractivity contribution in [3.8, 4) is 11.6 Å². The molecule has 8 nitrogen and oxygen atoms in total. The van der Waals surface area contributed by atoms with Crippen molar-refractivity contribution in [3.63, 3.8) is 0 Å². The first kappa shape index (κ1) is 20.6. The van der Waals surface area contributed by atoms with Crippen LogP contribution >= 0.6 is 0 Å². The molecular weight excluding hydrogens is 394 g/mol. The number of amides is 2. The summed E-state index contributed by atoms with van der Waals surface area (Å²) in [6, 6.07) is 14.7. The largest absolute Gasteiger partial charge is 0.482 e. The van der Waals surface area contributed by atoms with E-state index in [1.54, 1.807) is 15.8 Å². The lowest BCUT2D eigenvalue weighted by Crippen LogP contribution is -2.40. The molecule has 0 unspecified atom stereocenters. The van der Waals surface area contributed by atoms with Gasteiger partial charge in [-0.3, -0.25) is 9.59 Å². The number of benzene rings is 1. The summed E-state index contributed by atoms with van der Waals surface area (Å²) < 4.78 is 7.09. The molecule has 2 amide bonds. The van der Waals surface area contributed by atoms with Crippen molar-refractivity contribution >= 4 is 23.3 Å². The lowest BCUT2D eigenvalue weighted by Gasteiger charge is -2.29. The van der Waals surface area contributed by atoms with Gasteiger partial charge in [0, 0.05) is 30.6 Å². The van der Waals surface area contributed by atoms with Crippen LogP contribution in [0.5, 0.6) is 5.75 Å². The van der Waals surface area contributed by atoms with Crippen molar-refractivity contribution in [2.45, 2.75) is 32.6 Å². The minimum absolute atomic E-state index is 0.0278. The summed E-state index contributed by atoms with van der Waals surface area (Å²) in [6.45, 7) is 6.41. The Morgan fingerprint density at radius 1 is 1.16 bits per heavy atom. The molecule has 8 heteroatoms. The number of anilines is 2. The van der Waals surface area contributed by atoms with Crippen LogP contribution in [0, 0.1) is 0 Å². The summed E-state index contributed by atoms with van der Waals surface area (Å²) in [5, 5.41) is 7.59. The molecule has 1 N–H and O–H groups in total. The summed E-state index contributed by atoms with van der Waals surface area (Å²) in [5.74, 6) is 1.42. The van der Waals surface area contributed by atoms with Gasteiger partial charge in [0.25, 0.3) is 5.91 Å². The van der Waals surface area contributed by atoms with Crippen molar-refractivity contribution in [2.24, 2.45) is 0 Å². The third kappa shape index (κ3) is 4.42. The second-order valence-electron chi connectivity index (χ2n) is 8.36. The van der Waals surface area contributed by atoms with Crippen molar-refractivity contribution < 1.29 is 14.3 Å². The van der Waals surface area contributed by atoms with Crippen LogP contribution in [0.2, 0.25) is 0 Å². The first-order valence-corrected chi connectivity index (χ1v) is 10.2. The summed E-state index contributed by atoms with van der Waals surface area (Å²) in [7, 11) is 0. The molecule has 1 aromatic carbocycles. The Bertz CT molecular complexity index is 1100. The predicted octanol–water partition coefficient (Wildman–Crippen LogP) is 3.32. The van der Waals surface area contributed by atoms with Crippen LogP contribution in [0.3, 0.4) is 0 Å². The van der Waals surface area contributed by atoms with Crippen LogP contribution < -0.4 is 15.0 Å². The summed E-state index contributed by atoms with van der Waals surface area (Å²) in [5.41, 5.74) is 1.33. The summed E-state index contributed by atoms with van der Waals surface area (Å²) in [6.07, 6.45) is 1.82. The number of rotatable bonds is 5. The number of hydrogen-bond acceptors (Lipinski definition) is 5. The monoisotopic (exact) mass is 419 g/mol. The zero-order valence-electron chi connectivity index (χ0n) is 17.8. The summed E-state index contributed by atoms with van der Waals surface area (Å²) >= 11 is 0. The number of para-hydroxylation sites is 2. The topological polar surface area (TPSA) is 89.4 Å². The second-order valence-corrected chi connectivity index (χ2v) is 8.36. The number of nitrogens with one attached hydrogen (secondary N) is 1. The Labute approximate surface area is 180 Å². The van der Waals surface area contributed by atoms with Crippen LogP contribution in [0.1, 0.15) is 32.9 Å². The van der Waals surface area contributed by atoms with Gasteiger partial charge in [-0.2, -0.15) is 9.78 Å². The highest BCUT2D eigenvalue weighted by Gasteiger charge is 2.26. The van der Waals surface area contributed by atoms with Crippen LogP contribution in [-0.4, -0.2) is 39.7 Å². The van der Waals surface area contributed by atoms with Gasteiger partial charge < -0.3 is 15.0 Å². The van der Waals surface area contributed by atoms with Gasteiger partial charge in [0.15, 0.2) is 12.4 Å². The van der Waals surface area contributed by atoms with Crippen LogP contribution in [0.15, 0.2) is 54.7 Å². The van der Waals surface area contributed by atoms with Gasteiger partial charge in [-0.25, -0.2) is 4.98 Å². The van der Waals surface area contributed by atoms with Gasteiger partial charge in [-0.1, -0.05) is 39.0 Å². The van der Waals surface area contributed by atoms with E-state index in [0.29, 0.717) is 23.1 Å². The number of carbonyl (C=O) groups is 2. The van der Waals surface area contributed by atoms with E-state index in [1.807, 2.05) is 48.5 Å². The highest BCUT2D eigenvalue weighted by Crippen LogP contribution is 2.31. The minimum atomic E-state index is -0.214. The number of fused-ring (bicyclic) bond motifs is 1. The maximum atomic E-state index is 12.8. The Morgan fingerprint density at radius 2 is 1.94 bits per heavy atom. The molecule has 1 aliphatic rings. The zero-order valence-corrected chi connectivity index (χ0v) is 17.8. The molecule has 0 saturated carbocycles. The second kappa shape index (κ2) is 8.22. The van der Waals surface area contributed by atoms with E-state index >= 15 is 0 Å². The molecule has 0 saturated heterocycles. The number of hydrogen-bond donors (Lipinski definition) is 1. The van der Waals surface area contributed by atoms with Gasteiger partial charge in [0.1, 0.15) is 11.6 Å². The molecule has 0 bridgehead atoms. The maximum absolute atomic E-state index is 12.8. The fourth-order valence-corrected chi connectivity index (χ4v) is 3.31. The predicted molar refractivity (Wildman–Crippen MR) is 118 cm³/mol. The molecule has 0 fully saturated rings. The van der Waals surface area contributed by atoms with Gasteiger partial charge in [0.05, 0.1) is 11.4 Å². The summed E-state index contributed by atoms with van der Waals surface area (Å²) in [4.78, 5) is 31.0. The molecule has 1 aliphatic heterocycles. The quantitative estimate of drug-likeness (QED) is 0.685. The first-order chi connectivity index (χ1) is 14.8. The zero-order chi connectivity index (χ0) is 22.0. The van der Waals surface area contributed by atoms with E-state index in [-0.39, 0.29) is 36.8 Å². The van der Waals surface area contributed by atoms with Crippen LogP contribution in [0.25, 0.3) is 5.82 Å². The van der Waals surface area contributed by atoms with Crippen LogP contribution in [-0.2, 0) is 15.0 Å². The molecule has 0 atom stereocenters. The van der Waals surface area contributed by atoms with Crippen molar-refractivity contribution in [2.75, 3.05) is 23.4 Å². The molecule has 0 aliphatic carbocycles.